The molecule has 2 rings (SSSR count). The first-order valence-corrected chi connectivity index (χ1v) is 7.95. The summed E-state index contributed by atoms with van der Waals surface area (Å²) in [4.78, 5) is 0. The van der Waals surface area contributed by atoms with Gasteiger partial charge in [0.1, 0.15) is 0 Å². The number of aryl methyl sites for hydroxylation is 1. The first-order chi connectivity index (χ1) is 9.99. The minimum absolute atomic E-state index is 0.560. The summed E-state index contributed by atoms with van der Waals surface area (Å²) in [5.41, 5.74) is 5.27. The van der Waals surface area contributed by atoms with E-state index in [9.17, 15) is 0 Å². The molecule has 0 saturated carbocycles. The Hall–Kier alpha value is -1.54. The molecule has 1 N–H and O–H groups in total. The molecule has 1 unspecified atom stereocenters. The van der Waals surface area contributed by atoms with E-state index >= 15 is 0 Å². The summed E-state index contributed by atoms with van der Waals surface area (Å²) >= 11 is 0. The van der Waals surface area contributed by atoms with Crippen LogP contribution >= 0.6 is 0 Å². The van der Waals surface area contributed by atoms with Gasteiger partial charge in [0.15, 0.2) is 0 Å². The van der Waals surface area contributed by atoms with Crippen molar-refractivity contribution in [2.45, 2.75) is 53.6 Å². The predicted molar refractivity (Wildman–Crippen MR) is 91.0 cm³/mol. The lowest BCUT2D eigenvalue weighted by atomic mass is 10.1. The van der Waals surface area contributed by atoms with Gasteiger partial charge in [0.25, 0.3) is 0 Å². The Morgan fingerprint density at radius 1 is 1.05 bits per heavy atom. The van der Waals surface area contributed by atoms with Crippen molar-refractivity contribution in [3.63, 3.8) is 0 Å². The molecule has 0 saturated heterocycles. The lowest BCUT2D eigenvalue weighted by molar-refractivity contribution is 0.441. The molecule has 0 aliphatic rings. The molecule has 1 atom stereocenters. The number of hydrogen-bond donors (Lipinski definition) is 1. The molecule has 0 bridgehead atoms. The predicted octanol–water partition coefficient (Wildman–Crippen LogP) is 4.62. The monoisotopic (exact) mass is 284 g/mol. The maximum absolute atomic E-state index is 3.65. The van der Waals surface area contributed by atoms with Crippen molar-refractivity contribution in [3.8, 4) is 5.69 Å². The van der Waals surface area contributed by atoms with Gasteiger partial charge in [-0.25, -0.2) is 0 Å². The number of aromatic nitrogens is 1. The standard InChI is InChI=1S/C19H28N2/c1-14(2)11-15(3)20-13-18-12-16(4)21(17(18)5)19-9-7-6-8-10-19/h6-10,12,14-15,20H,11,13H2,1-5H3. The quantitative estimate of drug-likeness (QED) is 0.819. The molecule has 0 spiro atoms. The molecule has 2 heteroatoms. The van der Waals surface area contributed by atoms with Gasteiger partial charge in [0.2, 0.25) is 0 Å². The summed E-state index contributed by atoms with van der Waals surface area (Å²) in [6, 6.07) is 13.4. The van der Waals surface area contributed by atoms with E-state index in [0.717, 1.165) is 12.5 Å². The molecule has 0 aliphatic carbocycles. The first-order valence-electron chi connectivity index (χ1n) is 7.95. The smallest absolute Gasteiger partial charge is 0.0455 e. The van der Waals surface area contributed by atoms with Crippen LogP contribution in [-0.4, -0.2) is 10.6 Å². The fourth-order valence-corrected chi connectivity index (χ4v) is 3.06. The molecular formula is C19H28N2. The number of nitrogens with zero attached hydrogens (tertiary/aromatic N) is 1. The summed E-state index contributed by atoms with van der Waals surface area (Å²) < 4.78 is 2.34. The summed E-state index contributed by atoms with van der Waals surface area (Å²) in [7, 11) is 0. The molecule has 1 heterocycles. The van der Waals surface area contributed by atoms with Gasteiger partial charge in [-0.1, -0.05) is 32.0 Å². The Bertz CT molecular complexity index is 567. The molecule has 114 valence electrons. The maximum atomic E-state index is 3.65. The molecule has 0 amide bonds. The number of nitrogens with one attached hydrogen (secondary N) is 1. The summed E-state index contributed by atoms with van der Waals surface area (Å²) in [5, 5.41) is 3.65. The van der Waals surface area contributed by atoms with Gasteiger partial charge >= 0.3 is 0 Å². The zero-order chi connectivity index (χ0) is 15.4. The third-order valence-electron chi connectivity index (χ3n) is 4.02. The second-order valence-corrected chi connectivity index (χ2v) is 6.48. The van der Waals surface area contributed by atoms with Crippen molar-refractivity contribution >= 4 is 0 Å². The maximum Gasteiger partial charge on any atom is 0.0455 e. The van der Waals surface area contributed by atoms with Crippen LogP contribution in [0.15, 0.2) is 36.4 Å². The van der Waals surface area contributed by atoms with E-state index in [-0.39, 0.29) is 0 Å². The molecule has 0 fully saturated rings. The van der Waals surface area contributed by atoms with Crippen molar-refractivity contribution < 1.29 is 0 Å². The summed E-state index contributed by atoms with van der Waals surface area (Å²) in [6.07, 6.45) is 1.22. The lowest BCUT2D eigenvalue weighted by Crippen LogP contribution is -2.27. The molecule has 0 aliphatic heterocycles. The van der Waals surface area contributed by atoms with Gasteiger partial charge in [-0.2, -0.15) is 0 Å². The highest BCUT2D eigenvalue weighted by molar-refractivity contribution is 5.40. The Morgan fingerprint density at radius 3 is 2.33 bits per heavy atom. The molecule has 1 aromatic heterocycles. The van der Waals surface area contributed by atoms with E-state index in [1.807, 2.05) is 0 Å². The number of para-hydroxylation sites is 1. The third kappa shape index (κ3) is 3.98. The van der Waals surface area contributed by atoms with E-state index in [0.29, 0.717) is 6.04 Å². The molecule has 1 aromatic carbocycles. The topological polar surface area (TPSA) is 17.0 Å². The van der Waals surface area contributed by atoms with Crippen LogP contribution in [-0.2, 0) is 6.54 Å². The van der Waals surface area contributed by atoms with Crippen LogP contribution in [0.25, 0.3) is 5.69 Å². The lowest BCUT2D eigenvalue weighted by Gasteiger charge is -2.16. The highest BCUT2D eigenvalue weighted by atomic mass is 15.0. The zero-order valence-electron chi connectivity index (χ0n) is 14.0. The normalized spacial score (nSPS) is 12.9. The van der Waals surface area contributed by atoms with Gasteiger partial charge in [-0.05, 0) is 56.9 Å². The van der Waals surface area contributed by atoms with Crippen molar-refractivity contribution in [1.82, 2.24) is 9.88 Å². The highest BCUT2D eigenvalue weighted by Gasteiger charge is 2.11. The first kappa shape index (κ1) is 15.8. The van der Waals surface area contributed by atoms with E-state index in [4.69, 9.17) is 0 Å². The average Bonchev–Trinajstić information content (AvgIpc) is 2.71. The van der Waals surface area contributed by atoms with Crippen molar-refractivity contribution in [2.75, 3.05) is 0 Å². The van der Waals surface area contributed by atoms with Crippen molar-refractivity contribution in [2.24, 2.45) is 5.92 Å². The Balaban J connectivity index is 2.13. The van der Waals surface area contributed by atoms with E-state index in [1.54, 1.807) is 0 Å². The van der Waals surface area contributed by atoms with Crippen LogP contribution in [0.1, 0.15) is 44.1 Å². The minimum atomic E-state index is 0.560. The fourth-order valence-electron chi connectivity index (χ4n) is 3.06. The second-order valence-electron chi connectivity index (χ2n) is 6.48. The van der Waals surface area contributed by atoms with Crippen molar-refractivity contribution in [3.05, 3.63) is 53.3 Å². The largest absolute Gasteiger partial charge is 0.318 e. The van der Waals surface area contributed by atoms with E-state index in [2.05, 4.69) is 80.9 Å². The van der Waals surface area contributed by atoms with Crippen LogP contribution in [0.5, 0.6) is 0 Å². The van der Waals surface area contributed by atoms with E-state index < -0.39 is 0 Å². The Morgan fingerprint density at radius 2 is 1.71 bits per heavy atom. The highest BCUT2D eigenvalue weighted by Crippen LogP contribution is 2.20. The van der Waals surface area contributed by atoms with Crippen LogP contribution < -0.4 is 5.32 Å². The zero-order valence-corrected chi connectivity index (χ0v) is 14.0. The van der Waals surface area contributed by atoms with Crippen LogP contribution in [0.4, 0.5) is 0 Å². The van der Waals surface area contributed by atoms with Gasteiger partial charge in [0, 0.05) is 29.7 Å². The van der Waals surface area contributed by atoms with E-state index in [1.165, 1.54) is 29.1 Å². The SMILES string of the molecule is Cc1cc(CNC(C)CC(C)C)c(C)n1-c1ccccc1. The molecular weight excluding hydrogens is 256 g/mol. The van der Waals surface area contributed by atoms with Crippen LogP contribution in [0, 0.1) is 19.8 Å². The van der Waals surface area contributed by atoms with Crippen LogP contribution in [0.2, 0.25) is 0 Å². The molecule has 2 nitrogen and oxygen atoms in total. The van der Waals surface area contributed by atoms with Gasteiger partial charge in [-0.15, -0.1) is 0 Å². The summed E-state index contributed by atoms with van der Waals surface area (Å²) in [6.45, 7) is 12.2. The molecule has 2 aromatic rings. The average molecular weight is 284 g/mol. The van der Waals surface area contributed by atoms with Crippen molar-refractivity contribution in [1.29, 1.82) is 0 Å². The van der Waals surface area contributed by atoms with Gasteiger partial charge in [-0.3, -0.25) is 0 Å². The second kappa shape index (κ2) is 6.95. The molecule has 0 radical (unpaired) electrons. The number of rotatable bonds is 6. The Kier molecular flexibility index (Phi) is 5.24. The summed E-state index contributed by atoms with van der Waals surface area (Å²) in [5.74, 6) is 0.740. The number of hydrogen-bond acceptors (Lipinski definition) is 1. The third-order valence-corrected chi connectivity index (χ3v) is 4.02. The fraction of sp³-hybridized carbons (Fsp3) is 0.474. The van der Waals surface area contributed by atoms with Gasteiger partial charge < -0.3 is 9.88 Å². The number of benzene rings is 1. The molecule has 21 heavy (non-hydrogen) atoms. The van der Waals surface area contributed by atoms with Crippen LogP contribution in [0.3, 0.4) is 0 Å². The minimum Gasteiger partial charge on any atom is -0.318 e. The Labute approximate surface area is 129 Å². The van der Waals surface area contributed by atoms with Gasteiger partial charge in [0.05, 0.1) is 0 Å².